The Bertz CT molecular complexity index is 754. The van der Waals surface area contributed by atoms with E-state index in [9.17, 15) is 24.5 Å². The van der Waals surface area contributed by atoms with Gasteiger partial charge in [0, 0.05) is 24.2 Å². The van der Waals surface area contributed by atoms with E-state index in [0.717, 1.165) is 37.1 Å². The van der Waals surface area contributed by atoms with Crippen LogP contribution in [0.3, 0.4) is 0 Å². The summed E-state index contributed by atoms with van der Waals surface area (Å²) in [7, 11) is 0. The maximum absolute atomic E-state index is 12.1. The predicted molar refractivity (Wildman–Crippen MR) is 98.3 cm³/mol. The van der Waals surface area contributed by atoms with Gasteiger partial charge in [-0.15, -0.1) is 11.8 Å². The number of benzene rings is 1. The highest BCUT2D eigenvalue weighted by Crippen LogP contribution is 2.30. The quantitative estimate of drug-likeness (QED) is 0.322. The molecule has 0 aromatic heterocycles. The van der Waals surface area contributed by atoms with Crippen LogP contribution in [0.5, 0.6) is 0 Å². The number of carbonyl (C=O) groups excluding carboxylic acids is 3. The lowest BCUT2D eigenvalue weighted by Crippen LogP contribution is -2.44. The second-order valence-corrected chi connectivity index (χ2v) is 7.20. The topological polar surface area (TPSA) is 133 Å². The van der Waals surface area contributed by atoms with Crippen molar-refractivity contribution in [3.63, 3.8) is 0 Å². The molecular formula is C17H21N3O6S. The lowest BCUT2D eigenvalue weighted by Gasteiger charge is -2.33. The van der Waals surface area contributed by atoms with Gasteiger partial charge in [0.2, 0.25) is 5.91 Å². The molecule has 27 heavy (non-hydrogen) atoms. The molecule has 146 valence electrons. The molecule has 1 aromatic carbocycles. The van der Waals surface area contributed by atoms with Crippen molar-refractivity contribution in [3.05, 3.63) is 33.9 Å². The number of rotatable bonds is 7. The second kappa shape index (κ2) is 9.36. The van der Waals surface area contributed by atoms with Gasteiger partial charge in [0.1, 0.15) is 0 Å². The molecule has 2 N–H and O–H groups in total. The Morgan fingerprint density at radius 2 is 2.11 bits per heavy atom. The molecule has 1 saturated heterocycles. The van der Waals surface area contributed by atoms with Gasteiger partial charge in [0.05, 0.1) is 15.6 Å². The third kappa shape index (κ3) is 5.68. The Hall–Kier alpha value is -2.62. The van der Waals surface area contributed by atoms with Gasteiger partial charge < -0.3 is 15.4 Å². The van der Waals surface area contributed by atoms with Crippen molar-refractivity contribution in [1.29, 1.82) is 0 Å². The van der Waals surface area contributed by atoms with Gasteiger partial charge in [-0.3, -0.25) is 24.5 Å². The normalized spacial score (nSPS) is 16.6. The third-order valence-corrected chi connectivity index (χ3v) is 5.30. The van der Waals surface area contributed by atoms with E-state index < -0.39 is 16.8 Å². The standard InChI is InChI=1S/C17H21N3O6S/c1-11-4-2-3-7-19(11)15(21)9-26-16(22)10-27-14-6-5-12(17(18)23)8-13(14)20(24)25/h5-6,8,11H,2-4,7,9-10H2,1H3,(H2,18,23)/t11-/m1/s1. The molecule has 9 nitrogen and oxygen atoms in total. The minimum absolute atomic E-state index is 0.00914. The summed E-state index contributed by atoms with van der Waals surface area (Å²) in [6.45, 7) is 2.28. The molecule has 2 rings (SSSR count). The fraction of sp³-hybridized carbons (Fsp3) is 0.471. The Morgan fingerprint density at radius 1 is 1.37 bits per heavy atom. The molecule has 1 aromatic rings. The summed E-state index contributed by atoms with van der Waals surface area (Å²) in [5.74, 6) is -1.86. The van der Waals surface area contributed by atoms with Crippen LogP contribution in [-0.4, -0.2) is 52.6 Å². The van der Waals surface area contributed by atoms with Gasteiger partial charge in [0.25, 0.3) is 11.6 Å². The number of amides is 2. The monoisotopic (exact) mass is 395 g/mol. The van der Waals surface area contributed by atoms with Gasteiger partial charge in [-0.2, -0.15) is 0 Å². The number of primary amides is 1. The smallest absolute Gasteiger partial charge is 0.316 e. The van der Waals surface area contributed by atoms with Crippen molar-refractivity contribution in [2.45, 2.75) is 37.1 Å². The highest BCUT2D eigenvalue weighted by atomic mass is 32.2. The van der Waals surface area contributed by atoms with Crippen LogP contribution in [0.4, 0.5) is 5.69 Å². The summed E-state index contributed by atoms with van der Waals surface area (Å²) < 4.78 is 4.99. The molecule has 10 heteroatoms. The van der Waals surface area contributed by atoms with Crippen molar-refractivity contribution in [2.24, 2.45) is 5.73 Å². The van der Waals surface area contributed by atoms with Gasteiger partial charge in [-0.05, 0) is 38.3 Å². The molecule has 1 aliphatic heterocycles. The summed E-state index contributed by atoms with van der Waals surface area (Å²) in [4.78, 5) is 47.6. The largest absolute Gasteiger partial charge is 0.455 e. The Morgan fingerprint density at radius 3 is 2.74 bits per heavy atom. The number of hydrogen-bond acceptors (Lipinski definition) is 7. The van der Waals surface area contributed by atoms with E-state index in [1.54, 1.807) is 4.90 Å². The van der Waals surface area contributed by atoms with E-state index >= 15 is 0 Å². The highest BCUT2D eigenvalue weighted by molar-refractivity contribution is 8.00. The number of likely N-dealkylation sites (tertiary alicyclic amines) is 1. The minimum Gasteiger partial charge on any atom is -0.455 e. The van der Waals surface area contributed by atoms with Crippen LogP contribution < -0.4 is 5.73 Å². The first-order valence-electron chi connectivity index (χ1n) is 8.45. The number of nitro benzene ring substituents is 1. The molecule has 0 bridgehead atoms. The van der Waals surface area contributed by atoms with Crippen LogP contribution in [0.1, 0.15) is 36.5 Å². The number of ether oxygens (including phenoxy) is 1. The van der Waals surface area contributed by atoms with Crippen LogP contribution in [0, 0.1) is 10.1 Å². The number of esters is 1. The van der Waals surface area contributed by atoms with Crippen molar-refractivity contribution in [1.82, 2.24) is 4.90 Å². The first-order valence-corrected chi connectivity index (χ1v) is 9.44. The second-order valence-electron chi connectivity index (χ2n) is 6.19. The molecule has 1 fully saturated rings. The number of nitrogens with two attached hydrogens (primary N) is 1. The zero-order chi connectivity index (χ0) is 20.0. The van der Waals surface area contributed by atoms with Crippen LogP contribution in [0.15, 0.2) is 23.1 Å². The molecule has 0 saturated carbocycles. The molecule has 0 aliphatic carbocycles. The first kappa shape index (κ1) is 20.7. The van der Waals surface area contributed by atoms with Gasteiger partial charge in [-0.25, -0.2) is 0 Å². The maximum atomic E-state index is 12.1. The number of nitro groups is 1. The Kier molecular flexibility index (Phi) is 7.17. The van der Waals surface area contributed by atoms with Crippen LogP contribution in [0.2, 0.25) is 0 Å². The third-order valence-electron chi connectivity index (χ3n) is 4.27. The summed E-state index contributed by atoms with van der Waals surface area (Å²) in [5, 5.41) is 11.1. The number of nitrogens with zero attached hydrogens (tertiary/aromatic N) is 2. The molecular weight excluding hydrogens is 374 g/mol. The van der Waals surface area contributed by atoms with E-state index in [1.165, 1.54) is 12.1 Å². The zero-order valence-corrected chi connectivity index (χ0v) is 15.7. The van der Waals surface area contributed by atoms with E-state index in [2.05, 4.69) is 0 Å². The van der Waals surface area contributed by atoms with Crippen LogP contribution in [-0.2, 0) is 14.3 Å². The fourth-order valence-corrected chi connectivity index (χ4v) is 3.61. The summed E-state index contributed by atoms with van der Waals surface area (Å²) >= 11 is 0.898. The zero-order valence-electron chi connectivity index (χ0n) is 14.9. The molecule has 1 atom stereocenters. The lowest BCUT2D eigenvalue weighted by molar-refractivity contribution is -0.387. The number of piperidine rings is 1. The van der Waals surface area contributed by atoms with Crippen molar-refractivity contribution < 1.29 is 24.0 Å². The number of hydrogen-bond donors (Lipinski definition) is 1. The SMILES string of the molecule is C[C@@H]1CCCCN1C(=O)COC(=O)CSc1ccc(C(N)=O)cc1[N+](=O)[O-]. The van der Waals surface area contributed by atoms with Crippen molar-refractivity contribution in [3.8, 4) is 0 Å². The molecule has 1 heterocycles. The van der Waals surface area contributed by atoms with E-state index in [-0.39, 0.29) is 40.5 Å². The molecule has 0 radical (unpaired) electrons. The predicted octanol–water partition coefficient (Wildman–Crippen LogP) is 1.73. The summed E-state index contributed by atoms with van der Waals surface area (Å²) in [6, 6.07) is 3.91. The number of carbonyl (C=O) groups is 3. The summed E-state index contributed by atoms with van der Waals surface area (Å²) in [5.41, 5.74) is 4.81. The van der Waals surface area contributed by atoms with Crippen LogP contribution >= 0.6 is 11.8 Å². The van der Waals surface area contributed by atoms with E-state index in [1.807, 2.05) is 6.92 Å². The molecule has 2 amide bonds. The molecule has 0 spiro atoms. The van der Waals surface area contributed by atoms with Gasteiger partial charge in [-0.1, -0.05) is 0 Å². The minimum atomic E-state index is -0.778. The van der Waals surface area contributed by atoms with Crippen molar-refractivity contribution in [2.75, 3.05) is 18.9 Å². The van der Waals surface area contributed by atoms with Gasteiger partial charge >= 0.3 is 5.97 Å². The Balaban J connectivity index is 1.89. The molecule has 0 unspecified atom stereocenters. The summed E-state index contributed by atoms with van der Waals surface area (Å²) in [6.07, 6.45) is 2.94. The lowest BCUT2D eigenvalue weighted by atomic mass is 10.0. The van der Waals surface area contributed by atoms with E-state index in [0.29, 0.717) is 6.54 Å². The van der Waals surface area contributed by atoms with Crippen LogP contribution in [0.25, 0.3) is 0 Å². The maximum Gasteiger partial charge on any atom is 0.316 e. The van der Waals surface area contributed by atoms with Gasteiger partial charge in [0.15, 0.2) is 6.61 Å². The average Bonchev–Trinajstić information content (AvgIpc) is 2.64. The highest BCUT2D eigenvalue weighted by Gasteiger charge is 2.24. The van der Waals surface area contributed by atoms with E-state index in [4.69, 9.17) is 10.5 Å². The molecule has 1 aliphatic rings. The van der Waals surface area contributed by atoms with Crippen molar-refractivity contribution >= 4 is 35.2 Å². The Labute approximate surface area is 160 Å². The fourth-order valence-electron chi connectivity index (χ4n) is 2.81. The first-order chi connectivity index (χ1) is 12.8. The number of thioether (sulfide) groups is 1. The average molecular weight is 395 g/mol.